The third-order valence-electron chi connectivity index (χ3n) is 2.59. The normalized spacial score (nSPS) is 9.35. The van der Waals surface area contributed by atoms with Crippen molar-refractivity contribution < 1.29 is 9.47 Å². The zero-order chi connectivity index (χ0) is 14.4. The molecule has 0 N–H and O–H groups in total. The predicted molar refractivity (Wildman–Crippen MR) is 71.0 cm³/mol. The van der Waals surface area contributed by atoms with Crippen LogP contribution in [0.25, 0.3) is 0 Å². The van der Waals surface area contributed by atoms with Crippen LogP contribution in [0.5, 0.6) is 11.5 Å². The number of ether oxygens (including phenoxy) is 2. The summed E-state index contributed by atoms with van der Waals surface area (Å²) >= 11 is 0. The number of nitriles is 2. The molecule has 0 saturated heterocycles. The molecule has 0 atom stereocenters. The van der Waals surface area contributed by atoms with Crippen LogP contribution in [-0.2, 0) is 6.61 Å². The average Bonchev–Trinajstić information content (AvgIpc) is 2.52. The summed E-state index contributed by atoms with van der Waals surface area (Å²) in [6, 6.07) is 12.4. The van der Waals surface area contributed by atoms with Gasteiger partial charge in [-0.2, -0.15) is 10.5 Å². The molecule has 20 heavy (non-hydrogen) atoms. The summed E-state index contributed by atoms with van der Waals surface area (Å²) in [5.41, 5.74) is 1.64. The van der Waals surface area contributed by atoms with Crippen molar-refractivity contribution >= 4 is 0 Å². The summed E-state index contributed by atoms with van der Waals surface area (Å²) in [5.74, 6) is 1.10. The maximum absolute atomic E-state index is 8.93. The number of pyridine rings is 1. The fraction of sp³-hybridized carbons (Fsp3) is 0.133. The van der Waals surface area contributed by atoms with Crippen LogP contribution < -0.4 is 9.47 Å². The van der Waals surface area contributed by atoms with E-state index in [0.29, 0.717) is 22.8 Å². The van der Waals surface area contributed by atoms with Crippen LogP contribution in [0.15, 0.2) is 36.5 Å². The molecule has 1 aromatic carbocycles. The molecule has 98 valence electrons. The van der Waals surface area contributed by atoms with Gasteiger partial charge < -0.3 is 9.47 Å². The van der Waals surface area contributed by atoms with E-state index in [1.54, 1.807) is 36.5 Å². The van der Waals surface area contributed by atoms with Gasteiger partial charge in [0.25, 0.3) is 0 Å². The van der Waals surface area contributed by atoms with Crippen molar-refractivity contribution in [3.63, 3.8) is 0 Å². The summed E-state index contributed by atoms with van der Waals surface area (Å²) in [5, 5.41) is 17.7. The zero-order valence-electron chi connectivity index (χ0n) is 10.8. The van der Waals surface area contributed by atoms with Crippen LogP contribution in [0.4, 0.5) is 0 Å². The van der Waals surface area contributed by atoms with Crippen molar-refractivity contribution in [3.05, 3.63) is 53.3 Å². The van der Waals surface area contributed by atoms with Crippen molar-refractivity contribution in [1.82, 2.24) is 4.98 Å². The van der Waals surface area contributed by atoms with Gasteiger partial charge in [-0.3, -0.25) is 0 Å². The lowest BCUT2D eigenvalue weighted by molar-refractivity contribution is 0.303. The van der Waals surface area contributed by atoms with E-state index in [1.165, 1.54) is 7.11 Å². The minimum absolute atomic E-state index is 0.287. The van der Waals surface area contributed by atoms with Crippen LogP contribution in [0.2, 0.25) is 0 Å². The molecule has 0 radical (unpaired) electrons. The molecule has 1 aromatic heterocycles. The quantitative estimate of drug-likeness (QED) is 0.848. The molecule has 2 aromatic rings. The molecule has 2 rings (SSSR count). The maximum Gasteiger partial charge on any atom is 0.140 e. The molecule has 0 spiro atoms. The minimum atomic E-state index is 0.287. The highest BCUT2D eigenvalue weighted by Gasteiger charge is 2.03. The van der Waals surface area contributed by atoms with Crippen molar-refractivity contribution in [2.45, 2.75) is 6.61 Å². The van der Waals surface area contributed by atoms with Gasteiger partial charge in [-0.1, -0.05) is 0 Å². The number of nitrogens with zero attached hydrogens (tertiary/aromatic N) is 3. The number of hydrogen-bond acceptors (Lipinski definition) is 5. The molecule has 0 fully saturated rings. The Morgan fingerprint density at radius 1 is 1.10 bits per heavy atom. The average molecular weight is 265 g/mol. The molecule has 0 aliphatic heterocycles. The van der Waals surface area contributed by atoms with E-state index in [1.807, 2.05) is 12.1 Å². The van der Waals surface area contributed by atoms with E-state index in [2.05, 4.69) is 4.98 Å². The van der Waals surface area contributed by atoms with Gasteiger partial charge in [0.15, 0.2) is 0 Å². The first kappa shape index (κ1) is 13.4. The van der Waals surface area contributed by atoms with E-state index in [-0.39, 0.29) is 6.61 Å². The highest BCUT2D eigenvalue weighted by atomic mass is 16.5. The summed E-state index contributed by atoms with van der Waals surface area (Å²) in [6.07, 6.45) is 1.56. The first-order valence-corrected chi connectivity index (χ1v) is 5.82. The van der Waals surface area contributed by atoms with Gasteiger partial charge in [0.2, 0.25) is 0 Å². The fourth-order valence-electron chi connectivity index (χ4n) is 1.63. The Bertz CT molecular complexity index is 699. The Hall–Kier alpha value is -3.05. The molecular weight excluding hydrogens is 254 g/mol. The lowest BCUT2D eigenvalue weighted by Crippen LogP contribution is -1.97. The second kappa shape index (κ2) is 6.21. The summed E-state index contributed by atoms with van der Waals surface area (Å²) < 4.78 is 10.7. The summed E-state index contributed by atoms with van der Waals surface area (Å²) in [6.45, 7) is 0.287. The molecule has 0 aliphatic rings. The molecule has 0 unspecified atom stereocenters. The third kappa shape index (κ3) is 3.24. The monoisotopic (exact) mass is 265 g/mol. The molecule has 5 nitrogen and oxygen atoms in total. The molecule has 1 heterocycles. The predicted octanol–water partition coefficient (Wildman–Crippen LogP) is 2.41. The lowest BCUT2D eigenvalue weighted by Gasteiger charge is -2.08. The van der Waals surface area contributed by atoms with Crippen LogP contribution in [0, 0.1) is 22.7 Å². The Morgan fingerprint density at radius 3 is 2.60 bits per heavy atom. The van der Waals surface area contributed by atoms with Crippen molar-refractivity contribution in [2.75, 3.05) is 7.11 Å². The Balaban J connectivity index is 2.14. The van der Waals surface area contributed by atoms with Gasteiger partial charge in [-0.15, -0.1) is 0 Å². The van der Waals surface area contributed by atoms with Crippen molar-refractivity contribution in [3.8, 4) is 23.6 Å². The first-order chi connectivity index (χ1) is 9.75. The van der Waals surface area contributed by atoms with E-state index in [0.717, 1.165) is 5.56 Å². The van der Waals surface area contributed by atoms with Gasteiger partial charge >= 0.3 is 0 Å². The van der Waals surface area contributed by atoms with E-state index in [4.69, 9.17) is 20.0 Å². The third-order valence-corrected chi connectivity index (χ3v) is 2.59. The number of benzene rings is 1. The van der Waals surface area contributed by atoms with Gasteiger partial charge in [0, 0.05) is 12.3 Å². The van der Waals surface area contributed by atoms with Crippen LogP contribution in [0.1, 0.15) is 16.8 Å². The topological polar surface area (TPSA) is 78.9 Å². The Morgan fingerprint density at radius 2 is 1.90 bits per heavy atom. The second-order valence-corrected chi connectivity index (χ2v) is 3.96. The lowest BCUT2D eigenvalue weighted by atomic mass is 10.2. The molecule has 0 bridgehead atoms. The fourth-order valence-corrected chi connectivity index (χ4v) is 1.63. The Labute approximate surface area is 116 Å². The smallest absolute Gasteiger partial charge is 0.140 e. The van der Waals surface area contributed by atoms with Gasteiger partial charge in [-0.25, -0.2) is 4.98 Å². The van der Waals surface area contributed by atoms with E-state index >= 15 is 0 Å². The molecule has 0 aliphatic carbocycles. The van der Waals surface area contributed by atoms with Gasteiger partial charge in [-0.05, 0) is 29.8 Å². The van der Waals surface area contributed by atoms with Crippen molar-refractivity contribution in [1.29, 1.82) is 10.5 Å². The Kier molecular flexibility index (Phi) is 4.16. The number of aromatic nitrogens is 1. The van der Waals surface area contributed by atoms with Gasteiger partial charge in [0.1, 0.15) is 29.9 Å². The van der Waals surface area contributed by atoms with Crippen molar-refractivity contribution in [2.24, 2.45) is 0 Å². The number of hydrogen-bond donors (Lipinski definition) is 0. The standard InChI is InChI=1S/C15H11N3O2/c1-19-14-5-12(8-16)6-15(7-14)20-10-11-2-3-18-13(4-11)9-17/h2-7H,10H2,1H3. The SMILES string of the molecule is COc1cc(C#N)cc(OCc2ccnc(C#N)c2)c1. The van der Waals surface area contributed by atoms with Crippen LogP contribution in [-0.4, -0.2) is 12.1 Å². The first-order valence-electron chi connectivity index (χ1n) is 5.82. The highest BCUT2D eigenvalue weighted by Crippen LogP contribution is 2.23. The molecule has 5 heteroatoms. The maximum atomic E-state index is 8.93. The largest absolute Gasteiger partial charge is 0.497 e. The van der Waals surface area contributed by atoms with E-state index in [9.17, 15) is 0 Å². The highest BCUT2D eigenvalue weighted by molar-refractivity contribution is 5.44. The zero-order valence-corrected chi connectivity index (χ0v) is 10.8. The second-order valence-electron chi connectivity index (χ2n) is 3.96. The van der Waals surface area contributed by atoms with Crippen LogP contribution >= 0.6 is 0 Å². The molecule has 0 amide bonds. The number of methoxy groups -OCH3 is 1. The summed E-state index contributed by atoms with van der Waals surface area (Å²) in [7, 11) is 1.53. The number of rotatable bonds is 4. The molecule has 0 saturated carbocycles. The summed E-state index contributed by atoms with van der Waals surface area (Å²) in [4.78, 5) is 3.89. The molecular formula is C15H11N3O2. The van der Waals surface area contributed by atoms with Gasteiger partial charge in [0.05, 0.1) is 18.7 Å². The van der Waals surface area contributed by atoms with E-state index < -0.39 is 0 Å². The minimum Gasteiger partial charge on any atom is -0.497 e. The van der Waals surface area contributed by atoms with Crippen LogP contribution in [0.3, 0.4) is 0 Å².